The molecular formula is C23H29BrN2O4S. The summed E-state index contributed by atoms with van der Waals surface area (Å²) in [6.45, 7) is 3.37. The number of pyridine rings is 1. The molecule has 0 spiro atoms. The number of aryl methyl sites for hydroxylation is 1. The number of halogens is 1. The van der Waals surface area contributed by atoms with Gasteiger partial charge in [0, 0.05) is 42.8 Å². The summed E-state index contributed by atoms with van der Waals surface area (Å²) in [6.07, 6.45) is 6.99. The molecule has 0 bridgehead atoms. The number of unbranched alkanes of at least 4 members (excludes halogenated alkanes) is 1. The monoisotopic (exact) mass is 508 g/mol. The molecule has 0 aliphatic heterocycles. The van der Waals surface area contributed by atoms with Gasteiger partial charge in [0.25, 0.3) is 5.91 Å². The number of amides is 1. The molecule has 1 amide bonds. The molecule has 168 valence electrons. The third kappa shape index (κ3) is 10.6. The number of thioether (sulfide) groups is 1. The Kier molecular flexibility index (Phi) is 13.5. The number of nitrogens with one attached hydrogen (secondary N) is 1. The Hall–Kier alpha value is -2.19. The van der Waals surface area contributed by atoms with E-state index in [0.717, 1.165) is 31.1 Å². The van der Waals surface area contributed by atoms with Crippen molar-refractivity contribution >= 4 is 28.8 Å². The zero-order valence-corrected chi connectivity index (χ0v) is 20.1. The largest absolute Gasteiger partial charge is 1.00 e. The van der Waals surface area contributed by atoms with E-state index < -0.39 is 0 Å². The van der Waals surface area contributed by atoms with Crippen LogP contribution in [0.5, 0.6) is 0 Å². The molecule has 0 fully saturated rings. The molecule has 1 N–H and O–H groups in total. The van der Waals surface area contributed by atoms with E-state index in [9.17, 15) is 14.4 Å². The first-order valence-electron chi connectivity index (χ1n) is 10.3. The van der Waals surface area contributed by atoms with Crippen LogP contribution < -0.4 is 26.9 Å². The number of hydrogen-bond donors (Lipinski definition) is 1. The van der Waals surface area contributed by atoms with Gasteiger partial charge in [0.15, 0.2) is 17.5 Å². The number of hydrogen-bond acceptors (Lipinski definition) is 5. The minimum absolute atomic E-state index is 0. The lowest BCUT2D eigenvalue weighted by atomic mass is 10.2. The van der Waals surface area contributed by atoms with Gasteiger partial charge in [0.05, 0.1) is 12.2 Å². The molecule has 1 aromatic heterocycles. The van der Waals surface area contributed by atoms with Gasteiger partial charge < -0.3 is 27.0 Å². The molecule has 2 aromatic rings. The van der Waals surface area contributed by atoms with Gasteiger partial charge >= 0.3 is 5.97 Å². The molecular weight excluding hydrogens is 480 g/mol. The van der Waals surface area contributed by atoms with Gasteiger partial charge in [-0.25, -0.2) is 4.57 Å². The van der Waals surface area contributed by atoms with Crippen LogP contribution in [0.1, 0.15) is 49.4 Å². The number of rotatable bonds is 12. The summed E-state index contributed by atoms with van der Waals surface area (Å²) in [4.78, 5) is 36.8. The van der Waals surface area contributed by atoms with Crippen molar-refractivity contribution in [3.63, 3.8) is 0 Å². The number of aromatic nitrogens is 1. The summed E-state index contributed by atoms with van der Waals surface area (Å²) in [6, 6.07) is 13.0. The lowest BCUT2D eigenvalue weighted by molar-refractivity contribution is -0.697. The van der Waals surface area contributed by atoms with Crippen LogP contribution in [0.2, 0.25) is 0 Å². The van der Waals surface area contributed by atoms with Gasteiger partial charge in [-0.05, 0) is 31.9 Å². The zero-order chi connectivity index (χ0) is 21.6. The molecule has 0 saturated carbocycles. The summed E-state index contributed by atoms with van der Waals surface area (Å²) in [5, 5.41) is 2.86. The molecule has 0 saturated heterocycles. The third-order valence-electron chi connectivity index (χ3n) is 4.33. The number of nitrogens with zero attached hydrogens (tertiary/aromatic N) is 1. The Labute approximate surface area is 198 Å². The van der Waals surface area contributed by atoms with E-state index in [1.807, 2.05) is 36.7 Å². The van der Waals surface area contributed by atoms with E-state index in [0.29, 0.717) is 36.5 Å². The minimum Gasteiger partial charge on any atom is -1.00 e. The average Bonchev–Trinajstić information content (AvgIpc) is 2.75. The van der Waals surface area contributed by atoms with Gasteiger partial charge in [-0.3, -0.25) is 14.4 Å². The number of carbonyl (C=O) groups is 3. The van der Waals surface area contributed by atoms with Gasteiger partial charge in [0.2, 0.25) is 0 Å². The van der Waals surface area contributed by atoms with Gasteiger partial charge in [-0.15, -0.1) is 0 Å². The van der Waals surface area contributed by atoms with Crippen LogP contribution in [0.15, 0.2) is 59.8 Å². The SMILES string of the molecule is CCOC(=O)CCCNC(=O)c1ccccc1SC(=O)CCCC[n+]1ccccc1.[Br-]. The smallest absolute Gasteiger partial charge is 0.305 e. The zero-order valence-electron chi connectivity index (χ0n) is 17.7. The van der Waals surface area contributed by atoms with E-state index >= 15 is 0 Å². The van der Waals surface area contributed by atoms with Crippen LogP contribution in [0.3, 0.4) is 0 Å². The second kappa shape index (κ2) is 15.6. The van der Waals surface area contributed by atoms with E-state index in [-0.39, 0.29) is 40.4 Å². The Morgan fingerprint density at radius 2 is 1.71 bits per heavy atom. The maximum Gasteiger partial charge on any atom is 0.305 e. The predicted octanol–water partition coefficient (Wildman–Crippen LogP) is 0.540. The average molecular weight is 509 g/mol. The van der Waals surface area contributed by atoms with Crippen LogP contribution >= 0.6 is 11.8 Å². The number of esters is 1. The quantitative estimate of drug-likeness (QED) is 0.196. The van der Waals surface area contributed by atoms with Gasteiger partial charge in [-0.1, -0.05) is 30.0 Å². The highest BCUT2D eigenvalue weighted by molar-refractivity contribution is 8.13. The summed E-state index contributed by atoms with van der Waals surface area (Å²) in [5.41, 5.74) is 0.479. The topological polar surface area (TPSA) is 76.3 Å². The van der Waals surface area contributed by atoms with Crippen LogP contribution in [0.25, 0.3) is 0 Å². The molecule has 1 aromatic carbocycles. The summed E-state index contributed by atoms with van der Waals surface area (Å²) < 4.78 is 6.96. The minimum atomic E-state index is -0.265. The maximum atomic E-state index is 12.5. The Morgan fingerprint density at radius 3 is 2.45 bits per heavy atom. The van der Waals surface area contributed by atoms with Crippen molar-refractivity contribution in [3.8, 4) is 0 Å². The fourth-order valence-electron chi connectivity index (χ4n) is 2.83. The van der Waals surface area contributed by atoms with Crippen LogP contribution in [0.4, 0.5) is 0 Å². The van der Waals surface area contributed by atoms with Gasteiger partial charge in [0.1, 0.15) is 6.54 Å². The number of ether oxygens (including phenoxy) is 1. The number of benzene rings is 1. The predicted molar refractivity (Wildman–Crippen MR) is 116 cm³/mol. The molecule has 0 radical (unpaired) electrons. The Balaban J connectivity index is 0.00000480. The van der Waals surface area contributed by atoms with Gasteiger partial charge in [-0.2, -0.15) is 0 Å². The molecule has 0 atom stereocenters. The maximum absolute atomic E-state index is 12.5. The van der Waals surface area contributed by atoms with E-state index in [1.165, 1.54) is 0 Å². The summed E-state index contributed by atoms with van der Waals surface area (Å²) >= 11 is 1.11. The van der Waals surface area contributed by atoms with Crippen LogP contribution in [-0.2, 0) is 20.9 Å². The molecule has 6 nitrogen and oxygen atoms in total. The molecule has 8 heteroatoms. The van der Waals surface area contributed by atoms with E-state index in [2.05, 4.69) is 9.88 Å². The fraction of sp³-hybridized carbons (Fsp3) is 0.391. The van der Waals surface area contributed by atoms with Crippen molar-refractivity contribution in [3.05, 3.63) is 60.4 Å². The highest BCUT2D eigenvalue weighted by Crippen LogP contribution is 2.25. The lowest BCUT2D eigenvalue weighted by Gasteiger charge is -2.09. The summed E-state index contributed by atoms with van der Waals surface area (Å²) in [5.74, 6) is -0.505. The van der Waals surface area contributed by atoms with Crippen molar-refractivity contribution in [1.29, 1.82) is 0 Å². The van der Waals surface area contributed by atoms with Crippen molar-refractivity contribution in [1.82, 2.24) is 5.32 Å². The highest BCUT2D eigenvalue weighted by Gasteiger charge is 2.14. The first-order chi connectivity index (χ1) is 14.6. The van der Waals surface area contributed by atoms with Crippen molar-refractivity contribution in [2.45, 2.75) is 50.5 Å². The molecule has 1 heterocycles. The second-order valence-corrected chi connectivity index (χ2v) is 7.80. The summed E-state index contributed by atoms with van der Waals surface area (Å²) in [7, 11) is 0. The van der Waals surface area contributed by atoms with E-state index in [4.69, 9.17) is 4.74 Å². The first kappa shape index (κ1) is 26.8. The van der Waals surface area contributed by atoms with Crippen LogP contribution in [-0.4, -0.2) is 30.1 Å². The van der Waals surface area contributed by atoms with Crippen LogP contribution in [0, 0.1) is 0 Å². The molecule has 0 unspecified atom stereocenters. The lowest BCUT2D eigenvalue weighted by Crippen LogP contribution is -3.00. The van der Waals surface area contributed by atoms with Crippen molar-refractivity contribution < 1.29 is 40.7 Å². The third-order valence-corrected chi connectivity index (χ3v) is 5.34. The Bertz CT molecular complexity index is 833. The van der Waals surface area contributed by atoms with Crippen molar-refractivity contribution in [2.75, 3.05) is 13.2 Å². The highest BCUT2D eigenvalue weighted by atomic mass is 79.9. The van der Waals surface area contributed by atoms with E-state index in [1.54, 1.807) is 25.1 Å². The molecule has 31 heavy (non-hydrogen) atoms. The standard InChI is InChI=1S/C23H28N2O4S.BrH/c1-2-29-21(26)13-10-15-24-23(28)19-11-4-5-12-20(19)30-22(27)14-6-9-18-25-16-7-3-8-17-25;/h3-5,7-8,11-12,16-17H,2,6,9-10,13-15,18H2,1H3;1H. The van der Waals surface area contributed by atoms with Crippen molar-refractivity contribution in [2.24, 2.45) is 0 Å². The molecule has 0 aliphatic rings. The number of carbonyl (C=O) groups excluding carboxylic acids is 3. The molecule has 2 rings (SSSR count). The first-order valence-corrected chi connectivity index (χ1v) is 11.1. The fourth-order valence-corrected chi connectivity index (χ4v) is 3.74. The second-order valence-electron chi connectivity index (χ2n) is 6.71. The normalized spacial score (nSPS) is 10.1. The Morgan fingerprint density at radius 1 is 0.968 bits per heavy atom. The molecule has 0 aliphatic carbocycles.